The first kappa shape index (κ1) is 19.8. The van der Waals surface area contributed by atoms with Gasteiger partial charge in [-0.15, -0.1) is 0 Å². The normalized spacial score (nSPS) is 11.2. The number of rotatable bonds is 6. The van der Waals surface area contributed by atoms with Gasteiger partial charge < -0.3 is 10.2 Å². The molecule has 0 spiro atoms. The molecule has 2 rings (SSSR count). The average Bonchev–Trinajstić information content (AvgIpc) is 2.63. The third-order valence-corrected chi connectivity index (χ3v) is 4.30. The predicted molar refractivity (Wildman–Crippen MR) is 106 cm³/mol. The lowest BCUT2D eigenvalue weighted by Gasteiger charge is -2.26. The molecule has 0 radical (unpaired) electrons. The second-order valence-electron chi connectivity index (χ2n) is 5.95. The molecule has 0 aromatic heterocycles. The van der Waals surface area contributed by atoms with Crippen molar-refractivity contribution >= 4 is 34.8 Å². The van der Waals surface area contributed by atoms with Crippen molar-refractivity contribution in [3.63, 3.8) is 0 Å². The van der Waals surface area contributed by atoms with Gasteiger partial charge in [0.2, 0.25) is 0 Å². The van der Waals surface area contributed by atoms with Crippen LogP contribution in [0.2, 0.25) is 10.0 Å². The molecule has 0 bridgehead atoms. The molecule has 0 aliphatic rings. The van der Waals surface area contributed by atoms with Gasteiger partial charge in [0.1, 0.15) is 11.6 Å². The number of nitrogens with zero attached hydrogens (tertiary/aromatic N) is 2. The molecule has 0 fully saturated rings. The van der Waals surface area contributed by atoms with E-state index in [4.69, 9.17) is 23.2 Å². The largest absolute Gasteiger partial charge is 0.359 e. The highest BCUT2D eigenvalue weighted by molar-refractivity contribution is 6.35. The van der Waals surface area contributed by atoms with Crippen molar-refractivity contribution < 1.29 is 4.79 Å². The van der Waals surface area contributed by atoms with Gasteiger partial charge in [-0.3, -0.25) is 4.79 Å². The van der Waals surface area contributed by atoms with Crippen LogP contribution in [0.1, 0.15) is 19.4 Å². The lowest BCUT2D eigenvalue weighted by molar-refractivity contribution is -0.129. The lowest BCUT2D eigenvalue weighted by atomic mass is 10.1. The van der Waals surface area contributed by atoms with Gasteiger partial charge in [0.25, 0.3) is 5.91 Å². The third kappa shape index (κ3) is 5.26. The number of hydrogen-bond donors (Lipinski definition) is 1. The molecule has 0 aliphatic carbocycles. The number of carbonyl (C=O) groups excluding carboxylic acids is 1. The molecule has 2 aromatic carbocycles. The summed E-state index contributed by atoms with van der Waals surface area (Å²) in [7, 11) is 0. The number of anilines is 1. The van der Waals surface area contributed by atoms with Crippen molar-refractivity contribution in [3.05, 3.63) is 75.9 Å². The van der Waals surface area contributed by atoms with Gasteiger partial charge in [0.15, 0.2) is 0 Å². The minimum absolute atomic E-state index is 0.00864. The first-order valence-electron chi connectivity index (χ1n) is 8.09. The van der Waals surface area contributed by atoms with Crippen LogP contribution in [-0.2, 0) is 11.3 Å². The Labute approximate surface area is 163 Å². The molecule has 1 N–H and O–H groups in total. The van der Waals surface area contributed by atoms with Gasteiger partial charge in [-0.25, -0.2) is 0 Å². The van der Waals surface area contributed by atoms with Crippen LogP contribution in [0.25, 0.3) is 0 Å². The number of halogens is 2. The fourth-order valence-electron chi connectivity index (χ4n) is 2.32. The van der Waals surface area contributed by atoms with E-state index < -0.39 is 0 Å². The van der Waals surface area contributed by atoms with Crippen LogP contribution in [-0.4, -0.2) is 16.8 Å². The highest BCUT2D eigenvalue weighted by Gasteiger charge is 2.21. The molecular formula is C20H19Cl2N3O. The molecule has 6 heteroatoms. The number of nitrogens with one attached hydrogen (secondary N) is 1. The summed E-state index contributed by atoms with van der Waals surface area (Å²) in [6, 6.07) is 16.5. The van der Waals surface area contributed by atoms with E-state index in [9.17, 15) is 10.1 Å². The molecule has 0 atom stereocenters. The van der Waals surface area contributed by atoms with Gasteiger partial charge in [0.05, 0.1) is 10.7 Å². The molecule has 0 unspecified atom stereocenters. The number of hydrogen-bond acceptors (Lipinski definition) is 3. The Morgan fingerprint density at radius 1 is 1.23 bits per heavy atom. The maximum atomic E-state index is 12.8. The Bertz CT molecular complexity index is 842. The molecule has 134 valence electrons. The second-order valence-corrected chi connectivity index (χ2v) is 6.79. The zero-order valence-electron chi connectivity index (χ0n) is 14.5. The monoisotopic (exact) mass is 387 g/mol. The summed E-state index contributed by atoms with van der Waals surface area (Å²) in [5.74, 6) is -0.350. The smallest absolute Gasteiger partial charge is 0.266 e. The van der Waals surface area contributed by atoms with Crippen molar-refractivity contribution in [1.82, 2.24) is 4.90 Å². The van der Waals surface area contributed by atoms with E-state index in [1.165, 1.54) is 6.20 Å². The van der Waals surface area contributed by atoms with Crippen LogP contribution in [0, 0.1) is 11.3 Å². The van der Waals surface area contributed by atoms with Crippen molar-refractivity contribution in [2.24, 2.45) is 0 Å². The van der Waals surface area contributed by atoms with Crippen LogP contribution in [0.4, 0.5) is 5.69 Å². The Morgan fingerprint density at radius 3 is 2.54 bits per heavy atom. The quantitative estimate of drug-likeness (QED) is 0.543. The van der Waals surface area contributed by atoms with Crippen LogP contribution >= 0.6 is 23.2 Å². The summed E-state index contributed by atoms with van der Waals surface area (Å²) in [4.78, 5) is 14.5. The average molecular weight is 388 g/mol. The maximum Gasteiger partial charge on any atom is 0.266 e. The third-order valence-electron chi connectivity index (χ3n) is 3.73. The van der Waals surface area contributed by atoms with Crippen LogP contribution in [0.3, 0.4) is 0 Å². The zero-order chi connectivity index (χ0) is 19.1. The summed E-state index contributed by atoms with van der Waals surface area (Å²) in [5, 5.41) is 13.3. The molecule has 4 nitrogen and oxygen atoms in total. The summed E-state index contributed by atoms with van der Waals surface area (Å²) in [5.41, 5.74) is 1.52. The summed E-state index contributed by atoms with van der Waals surface area (Å²) < 4.78 is 0. The molecular weight excluding hydrogens is 369 g/mol. The molecule has 1 amide bonds. The predicted octanol–water partition coefficient (Wildman–Crippen LogP) is 5.25. The number of carbonyl (C=O) groups is 1. The second kappa shape index (κ2) is 9.28. The highest BCUT2D eigenvalue weighted by Crippen LogP contribution is 2.25. The van der Waals surface area contributed by atoms with Gasteiger partial charge in [-0.05, 0) is 37.6 Å². The van der Waals surface area contributed by atoms with Gasteiger partial charge in [0, 0.05) is 23.8 Å². The minimum atomic E-state index is -0.350. The SMILES string of the molecule is CC(C)N(Cc1ccccc1)C(=O)/C(C#N)=C\Nc1cc(Cl)ccc1Cl. The first-order chi connectivity index (χ1) is 12.4. The zero-order valence-corrected chi connectivity index (χ0v) is 16.1. The maximum absolute atomic E-state index is 12.8. The first-order valence-corrected chi connectivity index (χ1v) is 8.84. The molecule has 2 aromatic rings. The van der Waals surface area contributed by atoms with Gasteiger partial charge >= 0.3 is 0 Å². The standard InChI is InChI=1S/C20H19Cl2N3O/c1-14(2)25(13-15-6-4-3-5-7-15)20(26)16(11-23)12-24-19-10-17(21)8-9-18(19)22/h3-10,12,14,24H,13H2,1-2H3/b16-12-. The van der Waals surface area contributed by atoms with E-state index in [0.29, 0.717) is 22.3 Å². The Morgan fingerprint density at radius 2 is 1.92 bits per heavy atom. The molecule has 0 saturated heterocycles. The number of nitriles is 1. The topological polar surface area (TPSA) is 56.1 Å². The van der Waals surface area contributed by atoms with Crippen molar-refractivity contribution in [2.75, 3.05) is 5.32 Å². The van der Waals surface area contributed by atoms with E-state index in [-0.39, 0.29) is 17.5 Å². The summed E-state index contributed by atoms with van der Waals surface area (Å²) in [6.45, 7) is 4.25. The van der Waals surface area contributed by atoms with E-state index in [2.05, 4.69) is 5.32 Å². The van der Waals surface area contributed by atoms with Crippen LogP contribution < -0.4 is 5.32 Å². The molecule has 0 heterocycles. The summed E-state index contributed by atoms with van der Waals surface area (Å²) >= 11 is 12.0. The Balaban J connectivity index is 2.21. The molecule has 0 aliphatic heterocycles. The fraction of sp³-hybridized carbons (Fsp3) is 0.200. The number of benzene rings is 2. The van der Waals surface area contributed by atoms with E-state index >= 15 is 0 Å². The van der Waals surface area contributed by atoms with E-state index in [0.717, 1.165) is 5.56 Å². The summed E-state index contributed by atoms with van der Waals surface area (Å²) in [6.07, 6.45) is 1.36. The van der Waals surface area contributed by atoms with Crippen LogP contribution in [0.15, 0.2) is 60.3 Å². The Kier molecular flexibility index (Phi) is 7.08. The fourth-order valence-corrected chi connectivity index (χ4v) is 2.67. The van der Waals surface area contributed by atoms with E-state index in [1.54, 1.807) is 23.1 Å². The number of amides is 1. The van der Waals surface area contributed by atoms with E-state index in [1.807, 2.05) is 50.2 Å². The minimum Gasteiger partial charge on any atom is -0.359 e. The lowest BCUT2D eigenvalue weighted by Crippen LogP contribution is -2.37. The van der Waals surface area contributed by atoms with Gasteiger partial charge in [-0.1, -0.05) is 53.5 Å². The molecule has 0 saturated carbocycles. The highest BCUT2D eigenvalue weighted by atomic mass is 35.5. The molecule has 26 heavy (non-hydrogen) atoms. The van der Waals surface area contributed by atoms with Gasteiger partial charge in [-0.2, -0.15) is 5.26 Å². The van der Waals surface area contributed by atoms with Crippen molar-refractivity contribution in [1.29, 1.82) is 5.26 Å². The Hall–Kier alpha value is -2.48. The van der Waals surface area contributed by atoms with Crippen molar-refractivity contribution in [2.45, 2.75) is 26.4 Å². The van der Waals surface area contributed by atoms with Crippen molar-refractivity contribution in [3.8, 4) is 6.07 Å². The van der Waals surface area contributed by atoms with Crippen LogP contribution in [0.5, 0.6) is 0 Å².